The van der Waals surface area contributed by atoms with Crippen molar-refractivity contribution in [2.45, 2.75) is 38.0 Å². The lowest BCUT2D eigenvalue weighted by Crippen LogP contribution is -2.42. The van der Waals surface area contributed by atoms with Crippen LogP contribution in [0.15, 0.2) is 42.5 Å². The van der Waals surface area contributed by atoms with Gasteiger partial charge in [-0.25, -0.2) is 4.79 Å². The molecule has 0 aromatic heterocycles. The quantitative estimate of drug-likeness (QED) is 0.764. The van der Waals surface area contributed by atoms with Gasteiger partial charge in [-0.3, -0.25) is 4.79 Å². The van der Waals surface area contributed by atoms with E-state index in [1.54, 1.807) is 24.3 Å². The Labute approximate surface area is 164 Å². The maximum Gasteiger partial charge on any atom is 0.416 e. The number of benzene rings is 2. The first kappa shape index (κ1) is 20.2. The number of aryl methyl sites for hydroxylation is 1. The molecule has 0 unspecified atom stereocenters. The average Bonchev–Trinajstić information content (AvgIpc) is 3.05. The number of carbonyl (C=O) groups is 2. The van der Waals surface area contributed by atoms with E-state index in [0.29, 0.717) is 17.0 Å². The predicted octanol–water partition coefficient (Wildman–Crippen LogP) is 5.10. The third-order valence-corrected chi connectivity index (χ3v) is 5.16. The third kappa shape index (κ3) is 3.85. The fraction of sp³-hybridized carbons (Fsp3) is 0.300. The fourth-order valence-corrected chi connectivity index (χ4v) is 3.87. The van der Waals surface area contributed by atoms with E-state index in [1.165, 1.54) is 13.0 Å². The van der Waals surface area contributed by atoms with Gasteiger partial charge in [0.2, 0.25) is 0 Å². The minimum absolute atomic E-state index is 0.189. The molecule has 148 valence electrons. The first-order valence-electron chi connectivity index (χ1n) is 8.58. The molecule has 8 heteroatoms. The van der Waals surface area contributed by atoms with Gasteiger partial charge in [-0.05, 0) is 55.2 Å². The van der Waals surface area contributed by atoms with E-state index in [4.69, 9.17) is 11.6 Å². The van der Waals surface area contributed by atoms with Crippen molar-refractivity contribution in [3.63, 3.8) is 0 Å². The summed E-state index contributed by atoms with van der Waals surface area (Å²) in [5.41, 5.74) is -0.308. The van der Waals surface area contributed by atoms with Crippen LogP contribution < -0.4 is 0 Å². The third-order valence-electron chi connectivity index (χ3n) is 4.82. The minimum Gasteiger partial charge on any atom is -0.480 e. The maximum atomic E-state index is 13.2. The van der Waals surface area contributed by atoms with E-state index in [0.717, 1.165) is 17.0 Å². The Morgan fingerprint density at radius 2 is 1.82 bits per heavy atom. The molecule has 1 aliphatic heterocycles. The highest BCUT2D eigenvalue weighted by molar-refractivity contribution is 6.31. The predicted molar refractivity (Wildman–Crippen MR) is 97.2 cm³/mol. The summed E-state index contributed by atoms with van der Waals surface area (Å²) >= 11 is 6.22. The summed E-state index contributed by atoms with van der Waals surface area (Å²) in [5.74, 6) is -1.96. The van der Waals surface area contributed by atoms with Crippen molar-refractivity contribution in [1.82, 2.24) is 4.90 Å². The van der Waals surface area contributed by atoms with Gasteiger partial charge in [0.1, 0.15) is 6.04 Å². The van der Waals surface area contributed by atoms with Gasteiger partial charge in [0.05, 0.1) is 11.6 Å². The van der Waals surface area contributed by atoms with Crippen LogP contribution in [0.25, 0.3) is 0 Å². The van der Waals surface area contributed by atoms with Gasteiger partial charge >= 0.3 is 12.1 Å². The van der Waals surface area contributed by atoms with Crippen LogP contribution in [0.2, 0.25) is 5.02 Å². The number of aliphatic carboxylic acids is 1. The van der Waals surface area contributed by atoms with Crippen molar-refractivity contribution in [3.8, 4) is 0 Å². The van der Waals surface area contributed by atoms with Crippen molar-refractivity contribution in [1.29, 1.82) is 0 Å². The lowest BCUT2D eigenvalue weighted by molar-refractivity contribution is -0.142. The molecule has 1 fully saturated rings. The van der Waals surface area contributed by atoms with Crippen molar-refractivity contribution in [2.24, 2.45) is 0 Å². The number of carbonyl (C=O) groups excluding carboxylic acids is 1. The number of likely N-dealkylation sites (tertiary alicyclic amines) is 1. The average molecular weight is 412 g/mol. The maximum absolute atomic E-state index is 13.2. The molecule has 2 atom stereocenters. The Kier molecular flexibility index (Phi) is 5.39. The van der Waals surface area contributed by atoms with Crippen molar-refractivity contribution >= 4 is 23.5 Å². The summed E-state index contributed by atoms with van der Waals surface area (Å²) in [4.78, 5) is 26.0. The lowest BCUT2D eigenvalue weighted by Gasteiger charge is -2.29. The van der Waals surface area contributed by atoms with E-state index in [1.807, 2.05) is 0 Å². The smallest absolute Gasteiger partial charge is 0.416 e. The standard InChI is InChI=1S/C20H17ClF3NO3/c1-11-8-12(10-13(9-11)20(22,23)24)18(26)25-16(6-7-17(25)19(27)28)14-4-2-3-5-15(14)21/h2-5,8-10,16-17H,6-7H2,1H3,(H,27,28)/t16-,17+/m1/s1. The Bertz CT molecular complexity index is 929. The molecule has 28 heavy (non-hydrogen) atoms. The molecule has 0 radical (unpaired) electrons. The van der Waals surface area contributed by atoms with E-state index in [2.05, 4.69) is 0 Å². The van der Waals surface area contributed by atoms with Gasteiger partial charge in [-0.2, -0.15) is 13.2 Å². The largest absolute Gasteiger partial charge is 0.480 e. The number of hydrogen-bond donors (Lipinski definition) is 1. The molecule has 1 aliphatic rings. The summed E-state index contributed by atoms with van der Waals surface area (Å²) in [6.45, 7) is 1.45. The van der Waals surface area contributed by atoms with Gasteiger partial charge < -0.3 is 10.0 Å². The van der Waals surface area contributed by atoms with Gasteiger partial charge in [0, 0.05) is 10.6 Å². The van der Waals surface area contributed by atoms with Gasteiger partial charge in [0.15, 0.2) is 0 Å². The molecule has 1 amide bonds. The molecular formula is C20H17ClF3NO3. The highest BCUT2D eigenvalue weighted by Crippen LogP contribution is 2.40. The SMILES string of the molecule is Cc1cc(C(=O)N2[C@@H](c3ccccc3Cl)CC[C@H]2C(=O)O)cc(C(F)(F)F)c1. The Balaban J connectivity index is 2.07. The second-order valence-electron chi connectivity index (χ2n) is 6.77. The van der Waals surface area contributed by atoms with Crippen LogP contribution >= 0.6 is 11.6 Å². The summed E-state index contributed by atoms with van der Waals surface area (Å²) < 4.78 is 39.5. The summed E-state index contributed by atoms with van der Waals surface area (Å²) in [6.07, 6.45) is -4.07. The number of rotatable bonds is 3. The van der Waals surface area contributed by atoms with E-state index < -0.39 is 35.7 Å². The number of halogens is 4. The molecular weight excluding hydrogens is 395 g/mol. The zero-order chi connectivity index (χ0) is 20.6. The number of hydrogen-bond acceptors (Lipinski definition) is 2. The first-order valence-corrected chi connectivity index (χ1v) is 8.96. The molecule has 1 heterocycles. The number of carboxylic acid groups (broad SMARTS) is 1. The Hall–Kier alpha value is -2.54. The van der Waals surface area contributed by atoms with Crippen LogP contribution in [0.3, 0.4) is 0 Å². The summed E-state index contributed by atoms with van der Waals surface area (Å²) in [5, 5.41) is 9.92. The molecule has 2 aromatic rings. The minimum atomic E-state index is -4.61. The molecule has 0 spiro atoms. The molecule has 3 rings (SSSR count). The Morgan fingerprint density at radius 1 is 1.14 bits per heavy atom. The van der Waals surface area contributed by atoms with Gasteiger partial charge in [-0.1, -0.05) is 29.8 Å². The molecule has 1 saturated heterocycles. The van der Waals surface area contributed by atoms with Crippen LogP contribution in [0.5, 0.6) is 0 Å². The van der Waals surface area contributed by atoms with Crippen LogP contribution in [0.1, 0.15) is 45.9 Å². The highest BCUT2D eigenvalue weighted by Gasteiger charge is 2.43. The van der Waals surface area contributed by atoms with Gasteiger partial charge in [0.25, 0.3) is 5.91 Å². The van der Waals surface area contributed by atoms with E-state index in [9.17, 15) is 27.9 Å². The molecule has 4 nitrogen and oxygen atoms in total. The number of alkyl halides is 3. The first-order chi connectivity index (χ1) is 13.1. The second-order valence-corrected chi connectivity index (χ2v) is 7.17. The zero-order valence-corrected chi connectivity index (χ0v) is 15.6. The lowest BCUT2D eigenvalue weighted by atomic mass is 10.0. The van der Waals surface area contributed by atoms with Crippen LogP contribution in [0.4, 0.5) is 13.2 Å². The topological polar surface area (TPSA) is 57.6 Å². The number of carboxylic acids is 1. The molecule has 0 bridgehead atoms. The van der Waals surface area contributed by atoms with Crippen molar-refractivity contribution in [2.75, 3.05) is 0 Å². The van der Waals surface area contributed by atoms with Crippen molar-refractivity contribution in [3.05, 3.63) is 69.7 Å². The molecule has 0 saturated carbocycles. The van der Waals surface area contributed by atoms with Gasteiger partial charge in [-0.15, -0.1) is 0 Å². The van der Waals surface area contributed by atoms with Crippen LogP contribution in [-0.4, -0.2) is 27.9 Å². The monoisotopic (exact) mass is 411 g/mol. The number of amides is 1. The fourth-order valence-electron chi connectivity index (χ4n) is 3.61. The van der Waals surface area contributed by atoms with E-state index >= 15 is 0 Å². The summed E-state index contributed by atoms with van der Waals surface area (Å²) in [7, 11) is 0. The Morgan fingerprint density at radius 3 is 2.43 bits per heavy atom. The van der Waals surface area contributed by atoms with Crippen molar-refractivity contribution < 1.29 is 27.9 Å². The van der Waals surface area contributed by atoms with Crippen LogP contribution in [0, 0.1) is 6.92 Å². The van der Waals surface area contributed by atoms with Crippen LogP contribution in [-0.2, 0) is 11.0 Å². The normalized spacial score (nSPS) is 19.7. The summed E-state index contributed by atoms with van der Waals surface area (Å²) in [6, 6.07) is 8.01. The molecule has 0 aliphatic carbocycles. The molecule has 2 aromatic carbocycles. The van der Waals surface area contributed by atoms with E-state index in [-0.39, 0.29) is 17.5 Å². The highest BCUT2D eigenvalue weighted by atomic mass is 35.5. The second kappa shape index (κ2) is 7.47. The number of nitrogens with zero attached hydrogens (tertiary/aromatic N) is 1. The molecule has 1 N–H and O–H groups in total. The zero-order valence-electron chi connectivity index (χ0n) is 14.8.